The van der Waals surface area contributed by atoms with Gasteiger partial charge in [-0.15, -0.1) is 0 Å². The molecule has 1 heterocycles. The van der Waals surface area contributed by atoms with Gasteiger partial charge in [-0.05, 0) is 21.8 Å². The molecule has 1 amide bonds. The Morgan fingerprint density at radius 1 is 0.882 bits per heavy atom. The van der Waals surface area contributed by atoms with Crippen LogP contribution in [0.2, 0.25) is 5.04 Å². The van der Waals surface area contributed by atoms with Gasteiger partial charge in [-0.2, -0.15) is 0 Å². The van der Waals surface area contributed by atoms with Crippen molar-refractivity contribution in [2.45, 2.75) is 57.2 Å². The maximum Gasteiger partial charge on any atom is 0.261 e. The van der Waals surface area contributed by atoms with E-state index in [1.165, 1.54) is 10.4 Å². The minimum absolute atomic E-state index is 0.0389. The van der Waals surface area contributed by atoms with Gasteiger partial charge in [0.1, 0.15) is 0 Å². The molecule has 1 aliphatic rings. The molecule has 0 spiro atoms. The molecule has 3 aromatic carbocycles. The second-order valence-electron chi connectivity index (χ2n) is 10.1. The molecule has 0 bridgehead atoms. The Morgan fingerprint density at radius 2 is 1.38 bits per heavy atom. The van der Waals surface area contributed by atoms with E-state index >= 15 is 0 Å². The van der Waals surface area contributed by atoms with Crippen LogP contribution in [-0.2, 0) is 9.22 Å². The smallest absolute Gasteiger partial charge is 0.261 e. The Balaban J connectivity index is 1.66. The van der Waals surface area contributed by atoms with Crippen LogP contribution in [0, 0.1) is 0 Å². The van der Waals surface area contributed by atoms with E-state index in [2.05, 4.69) is 74.6 Å². The summed E-state index contributed by atoms with van der Waals surface area (Å²) >= 11 is 0. The average Bonchev–Trinajstić information content (AvgIpc) is 2.83. The number of hydrogen-bond donors (Lipinski definition) is 1. The lowest BCUT2D eigenvalue weighted by molar-refractivity contribution is -0.126. The zero-order chi connectivity index (χ0) is 24.2. The summed E-state index contributed by atoms with van der Waals surface area (Å²) in [6, 6.07) is 29.9. The van der Waals surface area contributed by atoms with Crippen LogP contribution in [-0.4, -0.2) is 32.2 Å². The monoisotopic (exact) mass is 471 g/mol. The first-order chi connectivity index (χ1) is 16.3. The lowest BCUT2D eigenvalue weighted by atomic mass is 9.95. The molecule has 0 radical (unpaired) electrons. The van der Waals surface area contributed by atoms with Gasteiger partial charge >= 0.3 is 0 Å². The molecule has 0 aromatic heterocycles. The molecule has 0 saturated carbocycles. The fourth-order valence-corrected chi connectivity index (χ4v) is 9.78. The molecule has 176 valence electrons. The number of nitrogens with one attached hydrogen (secondary N) is 1. The van der Waals surface area contributed by atoms with Crippen molar-refractivity contribution >= 4 is 30.4 Å². The molecule has 3 aromatic rings. The quantitative estimate of drug-likeness (QED) is 0.408. The van der Waals surface area contributed by atoms with Crippen molar-refractivity contribution in [1.82, 2.24) is 5.32 Å². The first-order valence-electron chi connectivity index (χ1n) is 12.0. The number of piperidine rings is 1. The predicted molar refractivity (Wildman–Crippen MR) is 139 cm³/mol. The molecule has 1 aliphatic heterocycles. The van der Waals surface area contributed by atoms with E-state index in [0.717, 1.165) is 0 Å². The molecular formula is C29H33NO3Si. The first kappa shape index (κ1) is 24.1. The van der Waals surface area contributed by atoms with E-state index < -0.39 is 8.32 Å². The van der Waals surface area contributed by atoms with Gasteiger partial charge < -0.3 is 9.74 Å². The van der Waals surface area contributed by atoms with Crippen molar-refractivity contribution in [2.24, 2.45) is 0 Å². The van der Waals surface area contributed by atoms with E-state index in [1.54, 1.807) is 0 Å². The third-order valence-corrected chi connectivity index (χ3v) is 11.7. The van der Waals surface area contributed by atoms with Crippen LogP contribution in [0.25, 0.3) is 0 Å². The minimum atomic E-state index is -2.76. The summed E-state index contributed by atoms with van der Waals surface area (Å²) in [4.78, 5) is 25.6. The van der Waals surface area contributed by atoms with Gasteiger partial charge in [-0.25, -0.2) is 0 Å². The van der Waals surface area contributed by atoms with Crippen LogP contribution in [0.15, 0.2) is 91.0 Å². The van der Waals surface area contributed by atoms with Crippen molar-refractivity contribution in [1.29, 1.82) is 0 Å². The third-order valence-electron chi connectivity index (χ3n) is 6.61. The van der Waals surface area contributed by atoms with E-state index in [0.29, 0.717) is 18.4 Å². The van der Waals surface area contributed by atoms with E-state index in [-0.39, 0.29) is 35.3 Å². The minimum Gasteiger partial charge on any atom is -0.404 e. The summed E-state index contributed by atoms with van der Waals surface area (Å²) in [7, 11) is -2.76. The SMILES string of the molecule is CC(C)(C)[Si](O[C@@H]1CC(=O)N[C@@H](CC(=O)c2ccccc2)C1)(c1ccccc1)c1ccccc1. The Morgan fingerprint density at radius 3 is 1.88 bits per heavy atom. The van der Waals surface area contributed by atoms with Crippen LogP contribution in [0.4, 0.5) is 0 Å². The van der Waals surface area contributed by atoms with Crippen LogP contribution < -0.4 is 15.7 Å². The molecule has 4 rings (SSSR count). The molecule has 0 aliphatic carbocycles. The average molecular weight is 472 g/mol. The van der Waals surface area contributed by atoms with Crippen LogP contribution in [0.3, 0.4) is 0 Å². The number of benzene rings is 3. The van der Waals surface area contributed by atoms with Crippen molar-refractivity contribution in [3.8, 4) is 0 Å². The number of ketones is 1. The molecule has 1 fully saturated rings. The Hall–Kier alpha value is -3.02. The first-order valence-corrected chi connectivity index (χ1v) is 13.9. The maximum atomic E-state index is 12.8. The topological polar surface area (TPSA) is 55.4 Å². The number of carbonyl (C=O) groups excluding carboxylic acids is 2. The molecule has 2 atom stereocenters. The van der Waals surface area contributed by atoms with Gasteiger partial charge in [-0.3, -0.25) is 9.59 Å². The molecule has 34 heavy (non-hydrogen) atoms. The maximum absolute atomic E-state index is 12.8. The molecular weight excluding hydrogens is 438 g/mol. The highest BCUT2D eigenvalue weighted by molar-refractivity contribution is 6.99. The number of amides is 1. The van der Waals surface area contributed by atoms with Crippen LogP contribution in [0.5, 0.6) is 0 Å². The summed E-state index contributed by atoms with van der Waals surface area (Å²) in [6.45, 7) is 6.70. The third kappa shape index (κ3) is 5.06. The van der Waals surface area contributed by atoms with Crippen molar-refractivity contribution in [3.05, 3.63) is 96.6 Å². The summed E-state index contributed by atoms with van der Waals surface area (Å²) in [5.74, 6) is -0.0166. The van der Waals surface area contributed by atoms with Crippen molar-refractivity contribution < 1.29 is 14.0 Å². The van der Waals surface area contributed by atoms with Gasteiger partial charge in [0, 0.05) is 18.0 Å². The lowest BCUT2D eigenvalue weighted by Crippen LogP contribution is -2.68. The molecule has 4 nitrogen and oxygen atoms in total. The van der Waals surface area contributed by atoms with Crippen molar-refractivity contribution in [2.75, 3.05) is 0 Å². The summed E-state index contributed by atoms with van der Waals surface area (Å²) < 4.78 is 7.17. The normalized spacial score (nSPS) is 18.9. The zero-order valence-corrected chi connectivity index (χ0v) is 21.2. The number of hydrogen-bond acceptors (Lipinski definition) is 3. The second kappa shape index (κ2) is 10.1. The highest BCUT2D eigenvalue weighted by Gasteiger charge is 2.52. The Kier molecular flexibility index (Phi) is 7.15. The van der Waals surface area contributed by atoms with E-state index in [9.17, 15) is 9.59 Å². The number of rotatable bonds is 7. The fraction of sp³-hybridized carbons (Fsp3) is 0.310. The largest absolute Gasteiger partial charge is 0.404 e. The predicted octanol–water partition coefficient (Wildman–Crippen LogP) is 4.48. The Bertz CT molecular complexity index is 1070. The van der Waals surface area contributed by atoms with E-state index in [4.69, 9.17) is 4.43 Å². The van der Waals surface area contributed by atoms with Crippen LogP contribution >= 0.6 is 0 Å². The summed E-state index contributed by atoms with van der Waals surface area (Å²) in [6.07, 6.45) is 0.944. The van der Waals surface area contributed by atoms with Crippen LogP contribution in [0.1, 0.15) is 50.4 Å². The van der Waals surface area contributed by atoms with Crippen molar-refractivity contribution in [3.63, 3.8) is 0 Å². The number of carbonyl (C=O) groups is 2. The van der Waals surface area contributed by atoms with Gasteiger partial charge in [0.05, 0.1) is 12.5 Å². The lowest BCUT2D eigenvalue weighted by Gasteiger charge is -2.46. The summed E-state index contributed by atoms with van der Waals surface area (Å²) in [5.41, 5.74) is 0.673. The molecule has 1 N–H and O–H groups in total. The number of Topliss-reactive ketones (excluding diaryl/α,β-unsaturated/α-hetero) is 1. The molecule has 5 heteroatoms. The fourth-order valence-electron chi connectivity index (χ4n) is 5.08. The highest BCUT2D eigenvalue weighted by atomic mass is 28.4. The van der Waals surface area contributed by atoms with Gasteiger partial charge in [0.15, 0.2) is 5.78 Å². The zero-order valence-electron chi connectivity index (χ0n) is 20.2. The molecule has 1 saturated heterocycles. The summed E-state index contributed by atoms with van der Waals surface area (Å²) in [5, 5.41) is 5.24. The highest BCUT2D eigenvalue weighted by Crippen LogP contribution is 2.38. The van der Waals surface area contributed by atoms with Gasteiger partial charge in [0.25, 0.3) is 8.32 Å². The van der Waals surface area contributed by atoms with E-state index in [1.807, 2.05) is 42.5 Å². The van der Waals surface area contributed by atoms with Gasteiger partial charge in [0.2, 0.25) is 5.91 Å². The Labute approximate surface area is 203 Å². The second-order valence-corrected chi connectivity index (χ2v) is 14.4. The molecule has 0 unspecified atom stereocenters. The van der Waals surface area contributed by atoms with Gasteiger partial charge in [-0.1, -0.05) is 112 Å². The standard InChI is InChI=1S/C29H33NO3Si/c1-29(2,3)34(25-15-9-5-10-16-25,26-17-11-6-12-18-26)33-24-19-23(30-28(32)21-24)20-27(31)22-13-7-4-8-14-22/h4-18,23-24H,19-21H2,1-3H3,(H,30,32)/t23-,24+/m1/s1.